The topological polar surface area (TPSA) is 29.5 Å². The summed E-state index contributed by atoms with van der Waals surface area (Å²) in [4.78, 5) is 0. The van der Waals surface area contributed by atoms with Crippen molar-refractivity contribution in [3.8, 4) is 0 Å². The Morgan fingerprint density at radius 3 is 2.80 bits per heavy atom. The minimum atomic E-state index is -0.0660. The largest absolute Gasteiger partial charge is 0.396 e. The van der Waals surface area contributed by atoms with Gasteiger partial charge in [-0.25, -0.2) is 0 Å². The molecule has 1 atom stereocenters. The van der Waals surface area contributed by atoms with E-state index in [4.69, 9.17) is 9.84 Å². The van der Waals surface area contributed by atoms with E-state index in [2.05, 4.69) is 0 Å². The zero-order chi connectivity index (χ0) is 7.61. The third kappa shape index (κ3) is 1.65. The van der Waals surface area contributed by atoms with Gasteiger partial charge in [0, 0.05) is 11.2 Å². The first-order valence-corrected chi connectivity index (χ1v) is 4.62. The molecule has 0 aromatic carbocycles. The number of rotatable bonds is 2. The molecule has 1 aliphatic heterocycles. The minimum absolute atomic E-state index is 0.0660. The maximum absolute atomic E-state index is 8.97. The molecule has 1 saturated heterocycles. The summed E-state index contributed by atoms with van der Waals surface area (Å²) >= 11 is 1.79. The van der Waals surface area contributed by atoms with Crippen LogP contribution in [0.3, 0.4) is 0 Å². The molecule has 1 rings (SSSR count). The molecule has 0 aliphatic carbocycles. The van der Waals surface area contributed by atoms with Crippen molar-refractivity contribution in [2.75, 3.05) is 18.3 Å². The van der Waals surface area contributed by atoms with Crippen LogP contribution in [-0.2, 0) is 4.74 Å². The molecular weight excluding hydrogens is 148 g/mol. The fraction of sp³-hybridized carbons (Fsp3) is 1.00. The van der Waals surface area contributed by atoms with Crippen LogP contribution in [0.5, 0.6) is 0 Å². The van der Waals surface area contributed by atoms with E-state index in [-0.39, 0.29) is 18.1 Å². The van der Waals surface area contributed by atoms with E-state index in [0.29, 0.717) is 0 Å². The van der Waals surface area contributed by atoms with E-state index in [1.165, 1.54) is 0 Å². The quantitative estimate of drug-likeness (QED) is 0.659. The Morgan fingerprint density at radius 1 is 1.70 bits per heavy atom. The van der Waals surface area contributed by atoms with Gasteiger partial charge in [-0.1, -0.05) is 13.8 Å². The van der Waals surface area contributed by atoms with Gasteiger partial charge in [-0.05, 0) is 0 Å². The highest BCUT2D eigenvalue weighted by Crippen LogP contribution is 2.30. The molecule has 3 heteroatoms. The molecule has 1 fully saturated rings. The molecule has 0 saturated carbocycles. The van der Waals surface area contributed by atoms with Crippen molar-refractivity contribution in [1.82, 2.24) is 0 Å². The molecule has 1 aliphatic rings. The number of hydrogen-bond donors (Lipinski definition) is 1. The number of ether oxygens (including phenoxy) is 1. The molecule has 60 valence electrons. The van der Waals surface area contributed by atoms with Crippen molar-refractivity contribution in [2.24, 2.45) is 5.41 Å². The van der Waals surface area contributed by atoms with Crippen molar-refractivity contribution < 1.29 is 9.84 Å². The zero-order valence-corrected chi connectivity index (χ0v) is 7.28. The van der Waals surface area contributed by atoms with E-state index in [1.807, 2.05) is 13.8 Å². The summed E-state index contributed by atoms with van der Waals surface area (Å²) in [6.45, 7) is 4.27. The summed E-state index contributed by atoms with van der Waals surface area (Å²) in [7, 11) is 0. The molecular formula is C7H14O2S. The normalized spacial score (nSPS) is 27.3. The van der Waals surface area contributed by atoms with Crippen LogP contribution in [0.25, 0.3) is 0 Å². The summed E-state index contributed by atoms with van der Waals surface area (Å²) in [5.41, 5.74) is -0.0660. The fourth-order valence-corrected chi connectivity index (χ4v) is 2.00. The molecule has 0 radical (unpaired) electrons. The third-order valence-electron chi connectivity index (χ3n) is 1.90. The number of hydrogen-bond acceptors (Lipinski definition) is 3. The molecule has 0 aromatic rings. The van der Waals surface area contributed by atoms with Crippen molar-refractivity contribution >= 4 is 11.8 Å². The van der Waals surface area contributed by atoms with Gasteiger partial charge >= 0.3 is 0 Å². The maximum Gasteiger partial charge on any atom is 0.0926 e. The first kappa shape index (κ1) is 8.37. The van der Waals surface area contributed by atoms with Gasteiger partial charge in [0.15, 0.2) is 0 Å². The molecule has 2 nitrogen and oxygen atoms in total. The van der Waals surface area contributed by atoms with Gasteiger partial charge in [0.25, 0.3) is 0 Å². The summed E-state index contributed by atoms with van der Waals surface area (Å²) in [6.07, 6.45) is 0.238. The van der Waals surface area contributed by atoms with Gasteiger partial charge in [0.05, 0.1) is 18.6 Å². The Morgan fingerprint density at radius 2 is 2.40 bits per heavy atom. The Kier molecular flexibility index (Phi) is 2.61. The predicted octanol–water partition coefficient (Wildman–Crippen LogP) is 1.09. The average Bonchev–Trinajstić information content (AvgIpc) is 2.38. The summed E-state index contributed by atoms with van der Waals surface area (Å²) in [5, 5.41) is 8.97. The highest BCUT2D eigenvalue weighted by molar-refractivity contribution is 7.99. The lowest BCUT2D eigenvalue weighted by Crippen LogP contribution is -2.34. The van der Waals surface area contributed by atoms with E-state index in [9.17, 15) is 0 Å². The lowest BCUT2D eigenvalue weighted by atomic mass is 9.88. The van der Waals surface area contributed by atoms with Crippen LogP contribution in [0.15, 0.2) is 0 Å². The molecule has 0 spiro atoms. The van der Waals surface area contributed by atoms with Crippen molar-refractivity contribution in [3.63, 3.8) is 0 Å². The Hall–Kier alpha value is 0.270. The first-order chi connectivity index (χ1) is 4.67. The molecule has 10 heavy (non-hydrogen) atoms. The van der Waals surface area contributed by atoms with Crippen LogP contribution < -0.4 is 0 Å². The van der Waals surface area contributed by atoms with Crippen molar-refractivity contribution in [1.29, 1.82) is 0 Å². The van der Waals surface area contributed by atoms with E-state index in [1.54, 1.807) is 11.8 Å². The Balaban J connectivity index is 2.45. The predicted molar refractivity (Wildman–Crippen MR) is 43.1 cm³/mol. The summed E-state index contributed by atoms with van der Waals surface area (Å²) in [6, 6.07) is 0. The smallest absolute Gasteiger partial charge is 0.0926 e. The van der Waals surface area contributed by atoms with Gasteiger partial charge in [0.1, 0.15) is 0 Å². The fourth-order valence-electron chi connectivity index (χ4n) is 0.887. The van der Waals surface area contributed by atoms with Gasteiger partial charge in [-0.15, -0.1) is 11.8 Å². The number of aliphatic hydroxyl groups is 1. The summed E-state index contributed by atoms with van der Waals surface area (Å²) in [5.74, 6) is 1.81. The van der Waals surface area contributed by atoms with Crippen LogP contribution in [0.1, 0.15) is 13.8 Å². The lowest BCUT2D eigenvalue weighted by molar-refractivity contribution is -0.00546. The second-order valence-electron chi connectivity index (χ2n) is 3.29. The van der Waals surface area contributed by atoms with Gasteiger partial charge in [-0.2, -0.15) is 0 Å². The lowest BCUT2D eigenvalue weighted by Gasteiger charge is -2.27. The van der Waals surface area contributed by atoms with Gasteiger partial charge < -0.3 is 9.84 Å². The van der Waals surface area contributed by atoms with Gasteiger partial charge in [0.2, 0.25) is 0 Å². The first-order valence-electron chi connectivity index (χ1n) is 3.47. The van der Waals surface area contributed by atoms with E-state index in [0.717, 1.165) is 11.7 Å². The highest BCUT2D eigenvalue weighted by Gasteiger charge is 2.32. The van der Waals surface area contributed by atoms with Crippen molar-refractivity contribution in [3.05, 3.63) is 0 Å². The second kappa shape index (κ2) is 3.11. The monoisotopic (exact) mass is 162 g/mol. The SMILES string of the molecule is CC(C)(CO)C1CSCO1. The standard InChI is InChI=1S/C7H14O2S/c1-7(2,4-8)6-3-10-5-9-6/h6,8H,3-5H2,1-2H3. The highest BCUT2D eigenvalue weighted by atomic mass is 32.2. The van der Waals surface area contributed by atoms with Crippen LogP contribution in [-0.4, -0.2) is 29.5 Å². The summed E-state index contributed by atoms with van der Waals surface area (Å²) < 4.78 is 5.41. The van der Waals surface area contributed by atoms with Crippen LogP contribution in [0.2, 0.25) is 0 Å². The third-order valence-corrected chi connectivity index (χ3v) is 2.74. The zero-order valence-electron chi connectivity index (χ0n) is 6.46. The molecule has 1 unspecified atom stereocenters. The molecule has 0 amide bonds. The molecule has 0 bridgehead atoms. The minimum Gasteiger partial charge on any atom is -0.396 e. The number of aliphatic hydroxyl groups excluding tert-OH is 1. The van der Waals surface area contributed by atoms with Crippen LogP contribution >= 0.6 is 11.8 Å². The number of thioether (sulfide) groups is 1. The maximum atomic E-state index is 8.97. The van der Waals surface area contributed by atoms with Crippen LogP contribution in [0, 0.1) is 5.41 Å². The van der Waals surface area contributed by atoms with E-state index >= 15 is 0 Å². The van der Waals surface area contributed by atoms with E-state index < -0.39 is 0 Å². The molecule has 1 N–H and O–H groups in total. The second-order valence-corrected chi connectivity index (χ2v) is 4.27. The molecule has 0 aromatic heterocycles. The Labute approximate surface area is 66.0 Å². The van der Waals surface area contributed by atoms with Crippen LogP contribution in [0.4, 0.5) is 0 Å². The average molecular weight is 162 g/mol. The Bertz CT molecular complexity index is 108. The molecule has 1 heterocycles. The van der Waals surface area contributed by atoms with Crippen molar-refractivity contribution in [2.45, 2.75) is 20.0 Å². The van der Waals surface area contributed by atoms with Gasteiger partial charge in [-0.3, -0.25) is 0 Å².